The van der Waals surface area contributed by atoms with Crippen molar-refractivity contribution in [3.8, 4) is 0 Å². The lowest BCUT2D eigenvalue weighted by molar-refractivity contribution is 0.0213. The molecule has 1 saturated carbocycles. The fourth-order valence-corrected chi connectivity index (χ4v) is 4.15. The minimum atomic E-state index is -0.962. The number of hydrogen-bond donors (Lipinski definition) is 3. The van der Waals surface area contributed by atoms with Crippen molar-refractivity contribution in [2.75, 3.05) is 26.8 Å². The number of carbonyl (C=O) groups excluding carboxylic acids is 1. The van der Waals surface area contributed by atoms with Crippen molar-refractivity contribution in [2.24, 2.45) is 5.41 Å². The molecular weight excluding hydrogens is 316 g/mol. The molecule has 2 aliphatic rings. The summed E-state index contributed by atoms with van der Waals surface area (Å²) in [7, 11) is 1.72. The maximum Gasteiger partial charge on any atom is 0.314 e. The van der Waals surface area contributed by atoms with Gasteiger partial charge in [-0.2, -0.15) is 0 Å². The van der Waals surface area contributed by atoms with Gasteiger partial charge in [0.25, 0.3) is 0 Å². The standard InChI is InChI=1S/C20H30N2O3/c1-25-13-12-19(9-5-10-19)14-21-18(23)22-15-20(24)11-4-7-16-6-2-3-8-17(16)20/h2-3,6,8,24H,4-5,7,9-15H2,1H3,(H2,21,22,23). The molecular formula is C20H30N2O3. The second kappa shape index (κ2) is 7.75. The van der Waals surface area contributed by atoms with Crippen LogP contribution < -0.4 is 10.6 Å². The maximum absolute atomic E-state index is 12.2. The van der Waals surface area contributed by atoms with Crippen LogP contribution in [0.1, 0.15) is 49.7 Å². The molecule has 1 atom stereocenters. The lowest BCUT2D eigenvalue weighted by atomic mass is 9.67. The number of fused-ring (bicyclic) bond motifs is 1. The first kappa shape index (κ1) is 18.2. The summed E-state index contributed by atoms with van der Waals surface area (Å²) in [4.78, 5) is 12.2. The quantitative estimate of drug-likeness (QED) is 0.711. The molecule has 1 fully saturated rings. The highest BCUT2D eigenvalue weighted by atomic mass is 16.5. The molecule has 5 nitrogen and oxygen atoms in total. The Balaban J connectivity index is 1.51. The molecule has 0 radical (unpaired) electrons. The molecule has 1 aromatic rings. The van der Waals surface area contributed by atoms with Gasteiger partial charge >= 0.3 is 6.03 Å². The molecule has 3 rings (SSSR count). The van der Waals surface area contributed by atoms with E-state index in [9.17, 15) is 9.90 Å². The van der Waals surface area contributed by atoms with Gasteiger partial charge in [0.2, 0.25) is 0 Å². The van der Waals surface area contributed by atoms with Gasteiger partial charge in [0.05, 0.1) is 6.54 Å². The van der Waals surface area contributed by atoms with E-state index < -0.39 is 5.60 Å². The van der Waals surface area contributed by atoms with Crippen LogP contribution >= 0.6 is 0 Å². The van der Waals surface area contributed by atoms with Gasteiger partial charge in [-0.05, 0) is 55.1 Å². The van der Waals surface area contributed by atoms with Crippen LogP contribution in [0.25, 0.3) is 0 Å². The summed E-state index contributed by atoms with van der Waals surface area (Å²) in [6.07, 6.45) is 7.12. The van der Waals surface area contributed by atoms with Gasteiger partial charge in [-0.3, -0.25) is 0 Å². The Morgan fingerprint density at radius 3 is 2.64 bits per heavy atom. The molecule has 1 aromatic carbocycles. The smallest absolute Gasteiger partial charge is 0.314 e. The molecule has 0 spiro atoms. The van der Waals surface area contributed by atoms with E-state index in [1.165, 1.54) is 12.0 Å². The number of carbonyl (C=O) groups is 1. The third-order valence-corrected chi connectivity index (χ3v) is 5.97. The molecule has 5 heteroatoms. The summed E-state index contributed by atoms with van der Waals surface area (Å²) >= 11 is 0. The van der Waals surface area contributed by atoms with Crippen LogP contribution in [0.4, 0.5) is 4.79 Å². The van der Waals surface area contributed by atoms with Crippen LogP contribution in [0.15, 0.2) is 24.3 Å². The number of aryl methyl sites for hydroxylation is 1. The lowest BCUT2D eigenvalue weighted by Crippen LogP contribution is -2.49. The van der Waals surface area contributed by atoms with Crippen LogP contribution in [0.3, 0.4) is 0 Å². The summed E-state index contributed by atoms with van der Waals surface area (Å²) < 4.78 is 5.19. The van der Waals surface area contributed by atoms with Gasteiger partial charge in [0.15, 0.2) is 0 Å². The Bertz CT molecular complexity index is 600. The second-order valence-electron chi connectivity index (χ2n) is 7.67. The molecule has 25 heavy (non-hydrogen) atoms. The van der Waals surface area contributed by atoms with Gasteiger partial charge in [-0.1, -0.05) is 30.7 Å². The largest absolute Gasteiger partial charge is 0.385 e. The first-order chi connectivity index (χ1) is 12.1. The Kier molecular flexibility index (Phi) is 5.64. The number of aliphatic hydroxyl groups is 1. The van der Waals surface area contributed by atoms with E-state index in [4.69, 9.17) is 4.74 Å². The SMILES string of the molecule is COCCC1(CNC(=O)NCC2(O)CCCc3ccccc32)CCC1. The van der Waals surface area contributed by atoms with Crippen LogP contribution in [-0.4, -0.2) is 37.9 Å². The predicted molar refractivity (Wildman–Crippen MR) is 97.5 cm³/mol. The number of nitrogens with one attached hydrogen (secondary N) is 2. The molecule has 1 unspecified atom stereocenters. The normalized spacial score (nSPS) is 24.1. The monoisotopic (exact) mass is 346 g/mol. The lowest BCUT2D eigenvalue weighted by Gasteiger charge is -2.42. The van der Waals surface area contributed by atoms with Crippen molar-refractivity contribution in [3.05, 3.63) is 35.4 Å². The minimum absolute atomic E-state index is 0.194. The summed E-state index contributed by atoms with van der Waals surface area (Å²) in [5, 5.41) is 16.9. The zero-order valence-corrected chi connectivity index (χ0v) is 15.1. The van der Waals surface area contributed by atoms with Crippen LogP contribution in [0, 0.1) is 5.41 Å². The Morgan fingerprint density at radius 1 is 1.16 bits per heavy atom. The van der Waals surface area contributed by atoms with Crippen molar-refractivity contribution < 1.29 is 14.6 Å². The molecule has 138 valence electrons. The zero-order chi connectivity index (χ0) is 17.8. The maximum atomic E-state index is 12.2. The first-order valence-electron chi connectivity index (χ1n) is 9.38. The topological polar surface area (TPSA) is 70.6 Å². The summed E-state index contributed by atoms with van der Waals surface area (Å²) in [5.74, 6) is 0. The summed E-state index contributed by atoms with van der Waals surface area (Å²) in [5.41, 5.74) is 1.38. The van der Waals surface area contributed by atoms with E-state index in [1.54, 1.807) is 7.11 Å². The number of hydrogen-bond acceptors (Lipinski definition) is 3. The van der Waals surface area contributed by atoms with Crippen molar-refractivity contribution >= 4 is 6.03 Å². The van der Waals surface area contributed by atoms with E-state index >= 15 is 0 Å². The number of methoxy groups -OCH3 is 1. The van der Waals surface area contributed by atoms with Crippen molar-refractivity contribution in [1.82, 2.24) is 10.6 Å². The van der Waals surface area contributed by atoms with Gasteiger partial charge < -0.3 is 20.5 Å². The van der Waals surface area contributed by atoms with Gasteiger partial charge in [0.1, 0.15) is 5.60 Å². The number of ether oxygens (including phenoxy) is 1. The zero-order valence-electron chi connectivity index (χ0n) is 15.1. The average molecular weight is 346 g/mol. The van der Waals surface area contributed by atoms with Crippen LogP contribution in [-0.2, 0) is 16.8 Å². The van der Waals surface area contributed by atoms with E-state index in [0.717, 1.165) is 44.3 Å². The number of benzene rings is 1. The van der Waals surface area contributed by atoms with E-state index in [1.807, 2.05) is 18.2 Å². The molecule has 0 aromatic heterocycles. The van der Waals surface area contributed by atoms with E-state index in [0.29, 0.717) is 13.0 Å². The van der Waals surface area contributed by atoms with Crippen molar-refractivity contribution in [3.63, 3.8) is 0 Å². The highest BCUT2D eigenvalue weighted by Crippen LogP contribution is 2.43. The molecule has 3 N–H and O–H groups in total. The number of amides is 2. The fraction of sp³-hybridized carbons (Fsp3) is 0.650. The van der Waals surface area contributed by atoms with E-state index in [-0.39, 0.29) is 18.0 Å². The molecule has 2 amide bonds. The highest BCUT2D eigenvalue weighted by molar-refractivity contribution is 5.74. The van der Waals surface area contributed by atoms with E-state index in [2.05, 4.69) is 16.7 Å². The summed E-state index contributed by atoms with van der Waals surface area (Å²) in [6, 6.07) is 7.80. The Labute approximate surface area is 150 Å². The Morgan fingerprint density at radius 2 is 1.92 bits per heavy atom. The summed E-state index contributed by atoms with van der Waals surface area (Å²) in [6.45, 7) is 1.66. The molecule has 0 aliphatic heterocycles. The third kappa shape index (κ3) is 4.15. The Hall–Kier alpha value is -1.59. The predicted octanol–water partition coefficient (Wildman–Crippen LogP) is 2.72. The van der Waals surface area contributed by atoms with Gasteiger partial charge in [-0.15, -0.1) is 0 Å². The molecule has 0 saturated heterocycles. The molecule has 0 heterocycles. The minimum Gasteiger partial charge on any atom is -0.385 e. The second-order valence-corrected chi connectivity index (χ2v) is 7.67. The fourth-order valence-electron chi connectivity index (χ4n) is 4.15. The van der Waals surface area contributed by atoms with Gasteiger partial charge in [0, 0.05) is 20.3 Å². The van der Waals surface area contributed by atoms with Crippen LogP contribution in [0.5, 0.6) is 0 Å². The highest BCUT2D eigenvalue weighted by Gasteiger charge is 2.37. The molecule has 0 bridgehead atoms. The molecule has 2 aliphatic carbocycles. The van der Waals surface area contributed by atoms with Crippen molar-refractivity contribution in [1.29, 1.82) is 0 Å². The number of urea groups is 1. The third-order valence-electron chi connectivity index (χ3n) is 5.97. The number of rotatable bonds is 7. The van der Waals surface area contributed by atoms with Crippen molar-refractivity contribution in [2.45, 2.75) is 50.5 Å². The van der Waals surface area contributed by atoms with Crippen LogP contribution in [0.2, 0.25) is 0 Å². The van der Waals surface area contributed by atoms with Gasteiger partial charge in [-0.25, -0.2) is 4.79 Å². The first-order valence-corrected chi connectivity index (χ1v) is 9.38. The average Bonchev–Trinajstić information content (AvgIpc) is 2.59.